The van der Waals surface area contributed by atoms with E-state index in [0.29, 0.717) is 0 Å². The molecule has 0 aromatic carbocycles. The Morgan fingerprint density at radius 1 is 1.00 bits per heavy atom. The molecule has 0 bridgehead atoms. The fourth-order valence-electron chi connectivity index (χ4n) is 1.04. The zero-order valence-corrected chi connectivity index (χ0v) is 8.67. The van der Waals surface area contributed by atoms with Gasteiger partial charge >= 0.3 is 17.1 Å². The van der Waals surface area contributed by atoms with E-state index in [1.165, 1.54) is 0 Å². The molecular formula is C6H11N3O3Si. The zero-order chi connectivity index (χ0) is 10.2. The lowest BCUT2D eigenvalue weighted by molar-refractivity contribution is 0.815. The molecule has 6 nitrogen and oxygen atoms in total. The Labute approximate surface area is 74.3 Å². The lowest BCUT2D eigenvalue weighted by Crippen LogP contribution is -2.54. The van der Waals surface area contributed by atoms with Crippen molar-refractivity contribution in [3.05, 3.63) is 31.5 Å². The molecule has 0 fully saturated rings. The van der Waals surface area contributed by atoms with Gasteiger partial charge in [-0.05, 0) is 0 Å². The third kappa shape index (κ3) is 1.86. The summed E-state index contributed by atoms with van der Waals surface area (Å²) in [7, 11) is -2.06. The van der Waals surface area contributed by atoms with Crippen LogP contribution in [0.25, 0.3) is 0 Å². The molecule has 13 heavy (non-hydrogen) atoms. The number of hydrogen-bond acceptors (Lipinski definition) is 3. The molecule has 1 aromatic heterocycles. The molecule has 0 amide bonds. The second-order valence-electron chi connectivity index (χ2n) is 3.70. The molecule has 0 aliphatic rings. The van der Waals surface area contributed by atoms with E-state index >= 15 is 0 Å². The minimum atomic E-state index is -2.06. The Hall–Kier alpha value is -1.37. The van der Waals surface area contributed by atoms with Crippen molar-refractivity contribution in [2.75, 3.05) is 0 Å². The lowest BCUT2D eigenvalue weighted by Gasteiger charge is -2.16. The topological polar surface area (TPSA) is 87.7 Å². The van der Waals surface area contributed by atoms with Crippen LogP contribution in [0.2, 0.25) is 19.6 Å². The van der Waals surface area contributed by atoms with Crippen molar-refractivity contribution in [3.63, 3.8) is 0 Å². The van der Waals surface area contributed by atoms with Gasteiger partial charge in [-0.15, -0.1) is 0 Å². The Bertz CT molecular complexity index is 441. The number of aromatic amines is 2. The van der Waals surface area contributed by atoms with Crippen molar-refractivity contribution < 1.29 is 0 Å². The summed E-state index contributed by atoms with van der Waals surface area (Å²) in [6.45, 7) is 5.51. The number of aromatic nitrogens is 3. The molecular weight excluding hydrogens is 190 g/mol. The van der Waals surface area contributed by atoms with Gasteiger partial charge in [0.1, 0.15) is 0 Å². The molecule has 72 valence electrons. The van der Waals surface area contributed by atoms with Gasteiger partial charge in [0.25, 0.3) is 0 Å². The summed E-state index contributed by atoms with van der Waals surface area (Å²) in [5.41, 5.74) is -2.02. The van der Waals surface area contributed by atoms with Crippen molar-refractivity contribution in [2.45, 2.75) is 19.6 Å². The highest BCUT2D eigenvalue weighted by Crippen LogP contribution is 1.96. The predicted octanol–water partition coefficient (Wildman–Crippen LogP) is -1.09. The van der Waals surface area contributed by atoms with Gasteiger partial charge in [-0.1, -0.05) is 19.6 Å². The smallest absolute Gasteiger partial charge is 0.276 e. The largest absolute Gasteiger partial charge is 0.330 e. The molecule has 0 radical (unpaired) electrons. The number of nitrogens with zero attached hydrogens (tertiary/aromatic N) is 1. The Morgan fingerprint density at radius 2 is 1.38 bits per heavy atom. The van der Waals surface area contributed by atoms with Gasteiger partial charge in [-0.3, -0.25) is 14.2 Å². The number of H-pyrrole nitrogens is 2. The Balaban J connectivity index is 3.67. The third-order valence-corrected chi connectivity index (χ3v) is 3.27. The van der Waals surface area contributed by atoms with Crippen LogP contribution in [0.5, 0.6) is 0 Å². The SMILES string of the molecule is C[Si](C)(C)n1c(=O)[nH]c(=O)[nH]c1=O. The summed E-state index contributed by atoms with van der Waals surface area (Å²) in [5, 5.41) is 0. The van der Waals surface area contributed by atoms with Crippen LogP contribution in [0, 0.1) is 0 Å². The van der Waals surface area contributed by atoms with Crippen LogP contribution in [0.3, 0.4) is 0 Å². The molecule has 7 heteroatoms. The van der Waals surface area contributed by atoms with Crippen LogP contribution in [0.1, 0.15) is 0 Å². The van der Waals surface area contributed by atoms with E-state index in [1.807, 2.05) is 29.6 Å². The molecule has 0 saturated carbocycles. The van der Waals surface area contributed by atoms with Crippen molar-refractivity contribution in [2.24, 2.45) is 0 Å². The molecule has 0 aliphatic carbocycles. The lowest BCUT2D eigenvalue weighted by atomic mass is 11.0. The standard InChI is InChI=1S/C6H11N3O3Si/c1-13(2,3)9-5(11)7-4(10)8-6(9)12/h1-3H3,(H2,7,8,10,11,12). The number of nitrogens with one attached hydrogen (secondary N) is 2. The van der Waals surface area contributed by atoms with E-state index in [0.717, 1.165) is 4.23 Å². The molecule has 0 aliphatic heterocycles. The van der Waals surface area contributed by atoms with Gasteiger partial charge in [0.2, 0.25) is 0 Å². The first-order chi connectivity index (χ1) is 5.82. The number of hydrogen-bond donors (Lipinski definition) is 2. The van der Waals surface area contributed by atoms with Crippen LogP contribution in [0.15, 0.2) is 14.4 Å². The minimum absolute atomic E-state index is 0.632. The van der Waals surface area contributed by atoms with Crippen molar-refractivity contribution in [1.82, 2.24) is 14.2 Å². The van der Waals surface area contributed by atoms with E-state index in [9.17, 15) is 14.4 Å². The molecule has 1 heterocycles. The van der Waals surface area contributed by atoms with Gasteiger partial charge in [-0.2, -0.15) is 0 Å². The van der Waals surface area contributed by atoms with Gasteiger partial charge in [-0.25, -0.2) is 14.4 Å². The maximum Gasteiger partial charge on any atom is 0.330 e. The van der Waals surface area contributed by atoms with Crippen LogP contribution >= 0.6 is 0 Å². The summed E-state index contributed by atoms with van der Waals surface area (Å²) in [5.74, 6) is 0. The van der Waals surface area contributed by atoms with E-state index in [4.69, 9.17) is 0 Å². The molecule has 0 spiro atoms. The van der Waals surface area contributed by atoms with E-state index in [1.54, 1.807) is 0 Å². The second-order valence-corrected chi connectivity index (χ2v) is 8.48. The van der Waals surface area contributed by atoms with Crippen molar-refractivity contribution >= 4 is 8.24 Å². The van der Waals surface area contributed by atoms with Crippen LogP contribution < -0.4 is 17.1 Å². The molecule has 1 aromatic rings. The summed E-state index contributed by atoms with van der Waals surface area (Å²) in [4.78, 5) is 37.2. The van der Waals surface area contributed by atoms with Crippen LogP contribution in [-0.4, -0.2) is 22.4 Å². The average Bonchev–Trinajstić information content (AvgIpc) is 1.78. The summed E-state index contributed by atoms with van der Waals surface area (Å²) < 4.78 is 1.09. The monoisotopic (exact) mass is 201 g/mol. The van der Waals surface area contributed by atoms with Crippen LogP contribution in [0.4, 0.5) is 0 Å². The fourth-order valence-corrected chi connectivity index (χ4v) is 2.37. The molecule has 0 unspecified atom stereocenters. The van der Waals surface area contributed by atoms with Crippen LogP contribution in [-0.2, 0) is 0 Å². The third-order valence-electron chi connectivity index (χ3n) is 1.52. The van der Waals surface area contributed by atoms with E-state index < -0.39 is 25.3 Å². The summed E-state index contributed by atoms with van der Waals surface area (Å²) in [6, 6.07) is 0. The molecule has 0 saturated heterocycles. The van der Waals surface area contributed by atoms with Gasteiger partial charge in [0.15, 0.2) is 8.24 Å². The highest BCUT2D eigenvalue weighted by atomic mass is 28.3. The minimum Gasteiger partial charge on any atom is -0.276 e. The fraction of sp³-hybridized carbons (Fsp3) is 0.500. The zero-order valence-electron chi connectivity index (χ0n) is 7.67. The quantitative estimate of drug-likeness (QED) is 0.566. The maximum atomic E-state index is 11.2. The average molecular weight is 201 g/mol. The van der Waals surface area contributed by atoms with Gasteiger partial charge in [0, 0.05) is 0 Å². The summed E-state index contributed by atoms with van der Waals surface area (Å²) >= 11 is 0. The molecule has 1 rings (SSSR count). The maximum absolute atomic E-state index is 11.2. The van der Waals surface area contributed by atoms with Crippen molar-refractivity contribution in [3.8, 4) is 0 Å². The first kappa shape index (κ1) is 9.71. The van der Waals surface area contributed by atoms with E-state index in [-0.39, 0.29) is 0 Å². The predicted molar refractivity (Wildman–Crippen MR) is 50.7 cm³/mol. The summed E-state index contributed by atoms with van der Waals surface area (Å²) in [6.07, 6.45) is 0. The van der Waals surface area contributed by atoms with E-state index in [2.05, 4.69) is 0 Å². The second kappa shape index (κ2) is 2.84. The van der Waals surface area contributed by atoms with Gasteiger partial charge < -0.3 is 0 Å². The Kier molecular flexibility index (Phi) is 2.12. The highest BCUT2D eigenvalue weighted by Gasteiger charge is 2.21. The van der Waals surface area contributed by atoms with Crippen molar-refractivity contribution in [1.29, 1.82) is 0 Å². The first-order valence-corrected chi connectivity index (χ1v) is 7.23. The molecule has 0 atom stereocenters. The highest BCUT2D eigenvalue weighted by molar-refractivity contribution is 6.74. The Morgan fingerprint density at radius 3 is 1.69 bits per heavy atom. The first-order valence-electron chi connectivity index (χ1n) is 3.78. The number of rotatable bonds is 1. The van der Waals surface area contributed by atoms with Gasteiger partial charge in [0.05, 0.1) is 0 Å². The molecule has 2 N–H and O–H groups in total. The normalized spacial score (nSPS) is 11.6.